The number of hydrogen-bond donors (Lipinski definition) is 0. The summed E-state index contributed by atoms with van der Waals surface area (Å²) in [6, 6.07) is 20.9. The van der Waals surface area contributed by atoms with E-state index in [1.54, 1.807) is 0 Å². The van der Waals surface area contributed by atoms with Gasteiger partial charge in [0.2, 0.25) is 0 Å². The summed E-state index contributed by atoms with van der Waals surface area (Å²) in [6.07, 6.45) is 0. The van der Waals surface area contributed by atoms with Gasteiger partial charge in [-0.25, -0.2) is 0 Å². The van der Waals surface area contributed by atoms with Gasteiger partial charge >= 0.3 is 0 Å². The Kier molecular flexibility index (Phi) is 4.45. The number of rotatable bonds is 3. The second-order valence-electron chi connectivity index (χ2n) is 5.90. The van der Waals surface area contributed by atoms with E-state index < -0.39 is 0 Å². The van der Waals surface area contributed by atoms with Crippen molar-refractivity contribution in [1.82, 2.24) is 0 Å². The quantitative estimate of drug-likeness (QED) is 0.474. The Morgan fingerprint density at radius 1 is 0.800 bits per heavy atom. The molecule has 0 saturated heterocycles. The Bertz CT molecular complexity index is 580. The van der Waals surface area contributed by atoms with E-state index in [9.17, 15) is 0 Å². The molecule has 0 amide bonds. The normalized spacial score (nSPS) is 12.9. The molecule has 2 aromatic carbocycles. The number of hydrogen-bond acceptors (Lipinski definition) is 1. The molecule has 104 valence electrons. The van der Waals surface area contributed by atoms with Gasteiger partial charge in [-0.15, -0.1) is 0 Å². The topological polar surface area (TPSA) is 9.23 Å². The highest BCUT2D eigenvalue weighted by molar-refractivity contribution is 6.46. The Labute approximate surface area is 124 Å². The van der Waals surface area contributed by atoms with Crippen LogP contribution < -0.4 is 0 Å². The monoisotopic (exact) mass is 282 g/mol. The molecule has 0 radical (unpaired) electrons. The van der Waals surface area contributed by atoms with Crippen molar-refractivity contribution in [2.24, 2.45) is 0 Å². The van der Waals surface area contributed by atoms with Gasteiger partial charge in [0.05, 0.1) is 0 Å². The maximum Gasteiger partial charge on any atom is 0.126 e. The first-order valence-corrected chi connectivity index (χ1v) is 7.98. The maximum atomic E-state index is 6.25. The van der Waals surface area contributed by atoms with Crippen molar-refractivity contribution in [1.29, 1.82) is 0 Å². The minimum absolute atomic E-state index is 0.199. The fourth-order valence-electron chi connectivity index (χ4n) is 2.07. The highest BCUT2D eigenvalue weighted by Gasteiger charge is 2.17. The van der Waals surface area contributed by atoms with Gasteiger partial charge in [-0.2, -0.15) is 0 Å². The molecule has 1 nitrogen and oxygen atoms in total. The molecule has 0 atom stereocenters. The Morgan fingerprint density at radius 2 is 1.25 bits per heavy atom. The van der Waals surface area contributed by atoms with Crippen molar-refractivity contribution in [3.63, 3.8) is 0 Å². The average Bonchev–Trinajstić information content (AvgIpc) is 2.45. The van der Waals surface area contributed by atoms with E-state index >= 15 is 0 Å². The Morgan fingerprint density at radius 3 is 1.70 bits per heavy atom. The second-order valence-corrected chi connectivity index (χ2v) is 6.90. The van der Waals surface area contributed by atoms with Crippen LogP contribution in [0.4, 0.5) is 0 Å². The van der Waals surface area contributed by atoms with E-state index in [4.69, 9.17) is 4.74 Å². The molecular weight excluding hydrogens is 260 g/mol. The predicted octanol–water partition coefficient (Wildman–Crippen LogP) is 3.69. The smallest absolute Gasteiger partial charge is 0.126 e. The summed E-state index contributed by atoms with van der Waals surface area (Å²) in [5, 5.41) is 1.30. The molecule has 0 unspecified atom stereocenters. The van der Waals surface area contributed by atoms with E-state index in [1.807, 2.05) is 12.1 Å². The first kappa shape index (κ1) is 14.6. The van der Waals surface area contributed by atoms with Crippen LogP contribution in [0.25, 0.3) is 11.0 Å². The molecule has 0 bridgehead atoms. The van der Waals surface area contributed by atoms with E-state index in [0.717, 1.165) is 21.6 Å². The molecule has 0 N–H and O–H groups in total. The molecular formula is C18H22OSi. The first-order chi connectivity index (χ1) is 9.47. The molecule has 0 aromatic heterocycles. The minimum Gasteiger partial charge on any atom is -0.488 e. The third-order valence-electron chi connectivity index (χ3n) is 2.99. The molecule has 2 heteroatoms. The first-order valence-electron chi connectivity index (χ1n) is 6.98. The van der Waals surface area contributed by atoms with Crippen LogP contribution in [0.1, 0.15) is 31.9 Å². The lowest BCUT2D eigenvalue weighted by Crippen LogP contribution is -2.19. The largest absolute Gasteiger partial charge is 0.488 e. The molecule has 0 aliphatic rings. The van der Waals surface area contributed by atoms with Crippen molar-refractivity contribution in [2.75, 3.05) is 0 Å². The van der Waals surface area contributed by atoms with Crippen LogP contribution in [0.15, 0.2) is 60.7 Å². The maximum absolute atomic E-state index is 6.25. The molecule has 0 spiro atoms. The molecule has 0 heterocycles. The summed E-state index contributed by atoms with van der Waals surface area (Å²) in [6.45, 7) is 6.28. The van der Waals surface area contributed by atoms with Gasteiger partial charge in [-0.05, 0) is 31.5 Å². The van der Waals surface area contributed by atoms with Gasteiger partial charge < -0.3 is 4.74 Å². The van der Waals surface area contributed by atoms with Crippen LogP contribution in [0.3, 0.4) is 0 Å². The van der Waals surface area contributed by atoms with E-state index in [-0.39, 0.29) is 5.60 Å². The van der Waals surface area contributed by atoms with Crippen LogP contribution in [-0.4, -0.2) is 15.8 Å². The second kappa shape index (κ2) is 6.10. The fraction of sp³-hybridized carbons (Fsp3) is 0.222. The molecule has 2 rings (SSSR count). The lowest BCUT2D eigenvalue weighted by Gasteiger charge is -2.25. The third kappa shape index (κ3) is 3.84. The standard InChI is InChI=1S/C18H22OSi/c1-18(2,3)19-16(14-10-6-4-7-11-14)17(20)15-12-8-5-9-13-15/h4-13H,1-3,20H3. The predicted molar refractivity (Wildman–Crippen MR) is 90.5 cm³/mol. The zero-order chi connectivity index (χ0) is 14.6. The zero-order valence-corrected chi connectivity index (χ0v) is 14.7. The minimum atomic E-state index is -0.199. The van der Waals surface area contributed by atoms with Crippen molar-refractivity contribution in [3.05, 3.63) is 71.8 Å². The summed E-state index contributed by atoms with van der Waals surface area (Å²) in [5.74, 6) is 1.01. The van der Waals surface area contributed by atoms with Gasteiger partial charge in [-0.3, -0.25) is 0 Å². The number of benzene rings is 2. The highest BCUT2D eigenvalue weighted by atomic mass is 28.1. The van der Waals surface area contributed by atoms with E-state index in [2.05, 4.69) is 69.3 Å². The summed E-state index contributed by atoms with van der Waals surface area (Å²) < 4.78 is 6.25. The van der Waals surface area contributed by atoms with Crippen LogP contribution in [0.2, 0.25) is 0 Å². The average molecular weight is 282 g/mol. The van der Waals surface area contributed by atoms with E-state index in [1.165, 1.54) is 10.8 Å². The lowest BCUT2D eigenvalue weighted by atomic mass is 10.1. The SMILES string of the molecule is CC(C)(C)OC(=C([SiH3])c1ccccc1)c1ccccc1. The van der Waals surface area contributed by atoms with Crippen molar-refractivity contribution in [3.8, 4) is 0 Å². The molecule has 0 aliphatic heterocycles. The fourth-order valence-corrected chi connectivity index (χ4v) is 2.79. The molecule has 0 saturated carbocycles. The van der Waals surface area contributed by atoms with Gasteiger partial charge in [-0.1, -0.05) is 60.7 Å². The van der Waals surface area contributed by atoms with Gasteiger partial charge in [0, 0.05) is 15.8 Å². The van der Waals surface area contributed by atoms with Crippen LogP contribution >= 0.6 is 0 Å². The summed E-state index contributed by atoms with van der Waals surface area (Å²) in [4.78, 5) is 0. The zero-order valence-electron chi connectivity index (χ0n) is 12.7. The van der Waals surface area contributed by atoms with Crippen LogP contribution in [0, 0.1) is 0 Å². The van der Waals surface area contributed by atoms with Crippen LogP contribution in [-0.2, 0) is 4.74 Å². The summed E-state index contributed by atoms with van der Waals surface area (Å²) in [7, 11) is 0.943. The highest BCUT2D eigenvalue weighted by Crippen LogP contribution is 2.29. The van der Waals surface area contributed by atoms with Gasteiger partial charge in [0.15, 0.2) is 0 Å². The van der Waals surface area contributed by atoms with Crippen LogP contribution in [0.5, 0.6) is 0 Å². The van der Waals surface area contributed by atoms with Crippen molar-refractivity contribution < 1.29 is 4.74 Å². The van der Waals surface area contributed by atoms with Gasteiger partial charge in [0.25, 0.3) is 0 Å². The molecule has 0 aliphatic carbocycles. The number of ether oxygens (including phenoxy) is 1. The van der Waals surface area contributed by atoms with Gasteiger partial charge in [0.1, 0.15) is 11.4 Å². The van der Waals surface area contributed by atoms with Crippen molar-refractivity contribution in [2.45, 2.75) is 26.4 Å². The van der Waals surface area contributed by atoms with Crippen molar-refractivity contribution >= 4 is 21.2 Å². The third-order valence-corrected chi connectivity index (χ3v) is 4.02. The summed E-state index contributed by atoms with van der Waals surface area (Å²) in [5.41, 5.74) is 2.20. The Hall–Kier alpha value is -1.80. The Balaban J connectivity index is 2.52. The lowest BCUT2D eigenvalue weighted by molar-refractivity contribution is 0.0980. The molecule has 0 fully saturated rings. The van der Waals surface area contributed by atoms with E-state index in [0.29, 0.717) is 0 Å². The summed E-state index contributed by atoms with van der Waals surface area (Å²) >= 11 is 0. The molecule has 20 heavy (non-hydrogen) atoms. The molecule has 2 aromatic rings.